The van der Waals surface area contributed by atoms with E-state index in [2.05, 4.69) is 42.2 Å². The predicted molar refractivity (Wildman–Crippen MR) is 147 cm³/mol. The smallest absolute Gasteiger partial charge is 0.237 e. The first kappa shape index (κ1) is 26.0. The molecule has 1 aromatic heterocycles. The van der Waals surface area contributed by atoms with Crippen molar-refractivity contribution in [1.29, 1.82) is 5.26 Å². The van der Waals surface area contributed by atoms with Crippen LogP contribution in [0.2, 0.25) is 0 Å². The van der Waals surface area contributed by atoms with Gasteiger partial charge in [-0.05, 0) is 53.9 Å². The fraction of sp³-hybridized carbons (Fsp3) is 0.241. The summed E-state index contributed by atoms with van der Waals surface area (Å²) >= 11 is 1.34. The van der Waals surface area contributed by atoms with Gasteiger partial charge in [0.25, 0.3) is 0 Å². The zero-order chi connectivity index (χ0) is 26.2. The van der Waals surface area contributed by atoms with Gasteiger partial charge in [0.15, 0.2) is 11.0 Å². The molecule has 0 aliphatic carbocycles. The number of hydrogen-bond acceptors (Lipinski definition) is 6. The number of carbonyl (C=O) groups is 1. The van der Waals surface area contributed by atoms with Crippen LogP contribution in [0.15, 0.2) is 84.0 Å². The van der Waals surface area contributed by atoms with Gasteiger partial charge in [-0.2, -0.15) is 5.26 Å². The molecule has 0 bridgehead atoms. The number of amides is 1. The van der Waals surface area contributed by atoms with Crippen LogP contribution in [-0.2, 0) is 4.79 Å². The van der Waals surface area contributed by atoms with Gasteiger partial charge in [-0.25, -0.2) is 0 Å². The molecule has 4 rings (SSSR count). The third kappa shape index (κ3) is 6.01. The minimum atomic E-state index is -0.0934. The van der Waals surface area contributed by atoms with Gasteiger partial charge in [-0.1, -0.05) is 62.0 Å². The van der Waals surface area contributed by atoms with Crippen molar-refractivity contribution >= 4 is 23.4 Å². The zero-order valence-electron chi connectivity index (χ0n) is 21.2. The second-order valence-corrected chi connectivity index (χ2v) is 9.60. The highest BCUT2D eigenvalue weighted by molar-refractivity contribution is 7.99. The van der Waals surface area contributed by atoms with Gasteiger partial charge < -0.3 is 9.64 Å². The topological polar surface area (TPSA) is 84.0 Å². The van der Waals surface area contributed by atoms with Crippen molar-refractivity contribution in [2.75, 3.05) is 24.3 Å². The van der Waals surface area contributed by atoms with Crippen LogP contribution in [0.1, 0.15) is 31.7 Å². The van der Waals surface area contributed by atoms with Crippen LogP contribution in [0.25, 0.3) is 17.1 Å². The number of methoxy groups -OCH3 is 1. The highest BCUT2D eigenvalue weighted by Crippen LogP contribution is 2.33. The predicted octanol–water partition coefficient (Wildman–Crippen LogP) is 6.11. The number of hydrogen-bond donors (Lipinski definition) is 0. The SMILES string of the molecule is COc1ccc(-c2nnc(SCC(=O)N(CCC#N)c3ccccc3)n2-c2ccccc2C(C)C)cc1. The highest BCUT2D eigenvalue weighted by Gasteiger charge is 2.22. The molecule has 0 saturated heterocycles. The third-order valence-electron chi connectivity index (χ3n) is 5.92. The Morgan fingerprint density at radius 3 is 2.41 bits per heavy atom. The lowest BCUT2D eigenvalue weighted by Gasteiger charge is -2.22. The minimum absolute atomic E-state index is 0.0934. The summed E-state index contributed by atoms with van der Waals surface area (Å²) < 4.78 is 7.34. The Labute approximate surface area is 221 Å². The molecule has 0 saturated carbocycles. The van der Waals surface area contributed by atoms with Crippen molar-refractivity contribution in [2.45, 2.75) is 31.3 Å². The van der Waals surface area contributed by atoms with E-state index >= 15 is 0 Å². The summed E-state index contributed by atoms with van der Waals surface area (Å²) in [5.74, 6) is 1.79. The second-order valence-electron chi connectivity index (χ2n) is 8.66. The van der Waals surface area contributed by atoms with E-state index in [1.54, 1.807) is 12.0 Å². The van der Waals surface area contributed by atoms with E-state index in [0.29, 0.717) is 17.5 Å². The lowest BCUT2D eigenvalue weighted by Crippen LogP contribution is -2.33. The van der Waals surface area contributed by atoms with Crippen molar-refractivity contribution in [3.05, 3.63) is 84.4 Å². The average Bonchev–Trinajstić information content (AvgIpc) is 3.36. The Kier molecular flexibility index (Phi) is 8.60. The minimum Gasteiger partial charge on any atom is -0.497 e. The number of nitrogens with zero attached hydrogens (tertiary/aromatic N) is 5. The van der Waals surface area contributed by atoms with E-state index in [-0.39, 0.29) is 24.0 Å². The molecular weight excluding hydrogens is 482 g/mol. The van der Waals surface area contributed by atoms with Crippen LogP contribution < -0.4 is 9.64 Å². The first-order valence-electron chi connectivity index (χ1n) is 12.1. The number of thioether (sulfide) groups is 1. The van der Waals surface area contributed by atoms with Gasteiger partial charge in [0.2, 0.25) is 5.91 Å². The average molecular weight is 512 g/mol. The summed E-state index contributed by atoms with van der Waals surface area (Å²) in [5, 5.41) is 18.8. The standard InChI is InChI=1S/C29H29N5O2S/c1-21(2)25-12-7-8-13-26(25)34-28(22-14-16-24(36-3)17-15-22)31-32-29(34)37-20-27(35)33(19-9-18-30)23-10-5-4-6-11-23/h4-8,10-17,21H,9,19-20H2,1-3H3. The molecule has 4 aromatic rings. The Morgan fingerprint density at radius 2 is 1.73 bits per heavy atom. The number of ether oxygens (including phenoxy) is 1. The molecule has 8 heteroatoms. The second kappa shape index (κ2) is 12.2. The molecule has 0 atom stereocenters. The highest BCUT2D eigenvalue weighted by atomic mass is 32.2. The molecule has 0 aliphatic rings. The molecule has 7 nitrogen and oxygen atoms in total. The maximum atomic E-state index is 13.3. The number of rotatable bonds is 10. The molecule has 1 heterocycles. The van der Waals surface area contributed by atoms with Crippen LogP contribution >= 0.6 is 11.8 Å². The van der Waals surface area contributed by atoms with Crippen LogP contribution in [0, 0.1) is 11.3 Å². The maximum absolute atomic E-state index is 13.3. The monoisotopic (exact) mass is 511 g/mol. The molecule has 188 valence electrons. The van der Waals surface area contributed by atoms with Gasteiger partial charge in [0.1, 0.15) is 5.75 Å². The van der Waals surface area contributed by atoms with Crippen LogP contribution in [0.5, 0.6) is 5.75 Å². The van der Waals surface area contributed by atoms with Gasteiger partial charge in [0.05, 0.1) is 31.0 Å². The quantitative estimate of drug-likeness (QED) is 0.239. The van der Waals surface area contributed by atoms with Gasteiger partial charge >= 0.3 is 0 Å². The number of anilines is 1. The van der Waals surface area contributed by atoms with Crippen LogP contribution in [-0.4, -0.2) is 40.1 Å². The number of benzene rings is 3. The molecule has 0 fully saturated rings. The Morgan fingerprint density at radius 1 is 1.03 bits per heavy atom. The Hall–Kier alpha value is -4.09. The van der Waals surface area contributed by atoms with E-state index in [9.17, 15) is 4.79 Å². The summed E-state index contributed by atoms with van der Waals surface area (Å²) in [6.07, 6.45) is 0.255. The van der Waals surface area contributed by atoms with Crippen molar-refractivity contribution in [3.63, 3.8) is 0 Å². The first-order valence-corrected chi connectivity index (χ1v) is 13.1. The first-order chi connectivity index (χ1) is 18.0. The number of nitriles is 1. The molecule has 0 aliphatic heterocycles. The fourth-order valence-electron chi connectivity index (χ4n) is 4.06. The summed E-state index contributed by atoms with van der Waals surface area (Å²) in [5.41, 5.74) is 3.80. The van der Waals surface area contributed by atoms with Gasteiger partial charge in [0, 0.05) is 17.8 Å². The summed E-state index contributed by atoms with van der Waals surface area (Å²) in [7, 11) is 1.64. The maximum Gasteiger partial charge on any atom is 0.237 e. The zero-order valence-corrected chi connectivity index (χ0v) is 22.0. The third-order valence-corrected chi connectivity index (χ3v) is 6.84. The van der Waals surface area contributed by atoms with E-state index in [0.717, 1.165) is 28.3 Å². The number of carbonyl (C=O) groups excluding carboxylic acids is 1. The normalized spacial score (nSPS) is 10.8. The fourth-order valence-corrected chi connectivity index (χ4v) is 4.88. The van der Waals surface area contributed by atoms with Crippen LogP contribution in [0.3, 0.4) is 0 Å². The van der Waals surface area contributed by atoms with E-state index in [4.69, 9.17) is 10.00 Å². The molecule has 0 N–H and O–H groups in total. The Bertz CT molecular complexity index is 1380. The summed E-state index contributed by atoms with van der Waals surface area (Å²) in [4.78, 5) is 15.0. The van der Waals surface area contributed by atoms with Crippen molar-refractivity contribution in [2.24, 2.45) is 0 Å². The molecule has 0 unspecified atom stereocenters. The van der Waals surface area contributed by atoms with E-state index < -0.39 is 0 Å². The molecule has 37 heavy (non-hydrogen) atoms. The lowest BCUT2D eigenvalue weighted by molar-refractivity contribution is -0.116. The number of para-hydroxylation sites is 2. The molecule has 0 radical (unpaired) electrons. The molecular formula is C29H29N5O2S. The van der Waals surface area contributed by atoms with Crippen LogP contribution in [0.4, 0.5) is 5.69 Å². The van der Waals surface area contributed by atoms with Crippen molar-refractivity contribution in [1.82, 2.24) is 14.8 Å². The van der Waals surface area contributed by atoms with E-state index in [1.165, 1.54) is 11.8 Å². The Balaban J connectivity index is 1.70. The van der Waals surface area contributed by atoms with Gasteiger partial charge in [-0.15, -0.1) is 10.2 Å². The molecule has 3 aromatic carbocycles. The lowest BCUT2D eigenvalue weighted by atomic mass is 10.0. The molecule has 0 spiro atoms. The summed E-state index contributed by atoms with van der Waals surface area (Å²) in [6.45, 7) is 4.64. The van der Waals surface area contributed by atoms with Gasteiger partial charge in [-0.3, -0.25) is 9.36 Å². The number of aromatic nitrogens is 3. The van der Waals surface area contributed by atoms with Crippen molar-refractivity contribution in [3.8, 4) is 28.9 Å². The molecule has 1 amide bonds. The summed E-state index contributed by atoms with van der Waals surface area (Å²) in [6, 6.07) is 27.5. The van der Waals surface area contributed by atoms with E-state index in [1.807, 2.05) is 71.3 Å². The van der Waals surface area contributed by atoms with Crippen molar-refractivity contribution < 1.29 is 9.53 Å². The largest absolute Gasteiger partial charge is 0.497 e.